The fourth-order valence-electron chi connectivity index (χ4n) is 1.62. The fraction of sp³-hybridized carbons (Fsp3) is 0.143. The van der Waals surface area contributed by atoms with Crippen molar-refractivity contribution in [3.8, 4) is 0 Å². The highest BCUT2D eigenvalue weighted by molar-refractivity contribution is 6.33. The number of halogens is 2. The van der Waals surface area contributed by atoms with E-state index in [9.17, 15) is 9.18 Å². The van der Waals surface area contributed by atoms with E-state index in [-0.39, 0.29) is 16.4 Å². The van der Waals surface area contributed by atoms with Crippen LogP contribution < -0.4 is 10.6 Å². The molecule has 1 aromatic heterocycles. The normalized spacial score (nSPS) is 10.2. The van der Waals surface area contributed by atoms with Crippen LogP contribution >= 0.6 is 11.6 Å². The van der Waals surface area contributed by atoms with E-state index in [1.807, 2.05) is 6.92 Å². The van der Waals surface area contributed by atoms with Gasteiger partial charge in [0.25, 0.3) is 5.91 Å². The highest BCUT2D eigenvalue weighted by Crippen LogP contribution is 2.22. The van der Waals surface area contributed by atoms with Crippen LogP contribution in [0.5, 0.6) is 0 Å². The first-order valence-electron chi connectivity index (χ1n) is 6.06. The summed E-state index contributed by atoms with van der Waals surface area (Å²) in [5.74, 6) is -0.916. The molecule has 20 heavy (non-hydrogen) atoms. The highest BCUT2D eigenvalue weighted by Gasteiger charge is 2.10. The largest absolute Gasteiger partial charge is 0.384 e. The summed E-state index contributed by atoms with van der Waals surface area (Å²) in [5.41, 5.74) is 1.27. The van der Waals surface area contributed by atoms with E-state index in [0.717, 1.165) is 18.3 Å². The van der Waals surface area contributed by atoms with Gasteiger partial charge in [0, 0.05) is 6.54 Å². The zero-order valence-corrected chi connectivity index (χ0v) is 11.5. The predicted octanol–water partition coefficient (Wildman–Crippen LogP) is 3.56. The topological polar surface area (TPSA) is 54.0 Å². The lowest BCUT2D eigenvalue weighted by Gasteiger charge is -2.07. The number of nitrogens with one attached hydrogen (secondary N) is 2. The zero-order valence-electron chi connectivity index (χ0n) is 10.8. The zero-order chi connectivity index (χ0) is 14.5. The highest BCUT2D eigenvalue weighted by atomic mass is 35.5. The quantitative estimate of drug-likeness (QED) is 0.906. The van der Waals surface area contributed by atoms with Crippen molar-refractivity contribution < 1.29 is 9.18 Å². The second kappa shape index (κ2) is 6.34. The average molecular weight is 294 g/mol. The van der Waals surface area contributed by atoms with Crippen molar-refractivity contribution in [2.24, 2.45) is 0 Å². The standard InChI is InChI=1S/C14H13ClFN3O/c1-2-17-10-4-6-12(18-8-10)14(20)19-13-7-9(16)3-5-11(13)15/h3-8,17H,2H2,1H3,(H,19,20). The molecule has 0 saturated heterocycles. The Bertz CT molecular complexity index is 616. The predicted molar refractivity (Wildman–Crippen MR) is 77.8 cm³/mol. The number of amides is 1. The Balaban J connectivity index is 2.13. The van der Waals surface area contributed by atoms with Gasteiger partial charge in [-0.2, -0.15) is 0 Å². The first-order chi connectivity index (χ1) is 9.60. The van der Waals surface area contributed by atoms with E-state index in [2.05, 4.69) is 15.6 Å². The summed E-state index contributed by atoms with van der Waals surface area (Å²) in [7, 11) is 0. The molecule has 0 aliphatic heterocycles. The van der Waals surface area contributed by atoms with Crippen molar-refractivity contribution in [3.63, 3.8) is 0 Å². The van der Waals surface area contributed by atoms with Crippen LogP contribution in [0.2, 0.25) is 5.02 Å². The minimum absolute atomic E-state index is 0.217. The Hall–Kier alpha value is -2.14. The number of benzene rings is 1. The van der Waals surface area contributed by atoms with Crippen LogP contribution in [0.15, 0.2) is 36.5 Å². The third kappa shape index (κ3) is 3.45. The van der Waals surface area contributed by atoms with Crippen molar-refractivity contribution in [2.75, 3.05) is 17.2 Å². The molecule has 0 spiro atoms. The number of anilines is 2. The van der Waals surface area contributed by atoms with Crippen molar-refractivity contribution in [1.29, 1.82) is 0 Å². The molecule has 2 N–H and O–H groups in total. The molecule has 0 fully saturated rings. The lowest BCUT2D eigenvalue weighted by molar-refractivity contribution is 0.102. The summed E-state index contributed by atoms with van der Waals surface area (Å²) >= 11 is 5.88. The molecule has 0 radical (unpaired) electrons. The molecule has 0 aliphatic rings. The Morgan fingerprint density at radius 3 is 2.80 bits per heavy atom. The first-order valence-corrected chi connectivity index (χ1v) is 6.44. The summed E-state index contributed by atoms with van der Waals surface area (Å²) in [6.07, 6.45) is 1.56. The van der Waals surface area contributed by atoms with Crippen LogP contribution in [0, 0.1) is 5.82 Å². The molecule has 1 heterocycles. The van der Waals surface area contributed by atoms with E-state index in [0.29, 0.717) is 0 Å². The van der Waals surface area contributed by atoms with Gasteiger partial charge < -0.3 is 10.6 Å². The number of nitrogens with zero attached hydrogens (tertiary/aromatic N) is 1. The number of pyridine rings is 1. The van der Waals surface area contributed by atoms with Gasteiger partial charge in [-0.3, -0.25) is 4.79 Å². The van der Waals surface area contributed by atoms with Gasteiger partial charge in [0.15, 0.2) is 0 Å². The molecule has 6 heteroatoms. The van der Waals surface area contributed by atoms with Gasteiger partial charge in [-0.1, -0.05) is 11.6 Å². The van der Waals surface area contributed by atoms with Gasteiger partial charge in [0.2, 0.25) is 0 Å². The van der Waals surface area contributed by atoms with Crippen LogP contribution in [0.25, 0.3) is 0 Å². The van der Waals surface area contributed by atoms with E-state index in [1.54, 1.807) is 18.3 Å². The molecule has 104 valence electrons. The fourth-order valence-corrected chi connectivity index (χ4v) is 1.78. The minimum Gasteiger partial charge on any atom is -0.384 e. The molecule has 4 nitrogen and oxygen atoms in total. The summed E-state index contributed by atoms with van der Waals surface area (Å²) in [6, 6.07) is 7.10. The molecule has 0 bridgehead atoms. The van der Waals surface area contributed by atoms with Crippen molar-refractivity contribution >= 4 is 28.9 Å². The van der Waals surface area contributed by atoms with E-state index >= 15 is 0 Å². The molecule has 0 aliphatic carbocycles. The van der Waals surface area contributed by atoms with Crippen LogP contribution in [0.1, 0.15) is 17.4 Å². The molecule has 1 amide bonds. The number of hydrogen-bond donors (Lipinski definition) is 2. The average Bonchev–Trinajstić information content (AvgIpc) is 2.44. The Morgan fingerprint density at radius 2 is 2.15 bits per heavy atom. The SMILES string of the molecule is CCNc1ccc(C(=O)Nc2cc(F)ccc2Cl)nc1. The maximum atomic E-state index is 13.1. The number of aromatic nitrogens is 1. The monoisotopic (exact) mass is 293 g/mol. The molecule has 0 unspecified atom stereocenters. The van der Waals surface area contributed by atoms with E-state index in [4.69, 9.17) is 11.6 Å². The summed E-state index contributed by atoms with van der Waals surface area (Å²) in [4.78, 5) is 16.0. The Morgan fingerprint density at radius 1 is 1.35 bits per heavy atom. The van der Waals surface area contributed by atoms with Crippen LogP contribution in [0.3, 0.4) is 0 Å². The molecule has 1 aromatic carbocycles. The van der Waals surface area contributed by atoms with E-state index < -0.39 is 11.7 Å². The second-order valence-corrected chi connectivity index (χ2v) is 4.45. The lowest BCUT2D eigenvalue weighted by atomic mass is 10.2. The maximum Gasteiger partial charge on any atom is 0.274 e. The van der Waals surface area contributed by atoms with Crippen LogP contribution in [0.4, 0.5) is 15.8 Å². The third-order valence-corrected chi connectivity index (χ3v) is 2.88. The van der Waals surface area contributed by atoms with Gasteiger partial charge in [0.1, 0.15) is 11.5 Å². The van der Waals surface area contributed by atoms with E-state index in [1.165, 1.54) is 12.1 Å². The second-order valence-electron chi connectivity index (χ2n) is 4.04. The van der Waals surface area contributed by atoms with Crippen LogP contribution in [-0.2, 0) is 0 Å². The maximum absolute atomic E-state index is 13.1. The molecular weight excluding hydrogens is 281 g/mol. The van der Waals surface area contributed by atoms with Crippen LogP contribution in [-0.4, -0.2) is 17.4 Å². The van der Waals surface area contributed by atoms with Gasteiger partial charge in [-0.25, -0.2) is 9.37 Å². The molecule has 2 aromatic rings. The first kappa shape index (κ1) is 14.3. The molecule has 2 rings (SSSR count). The minimum atomic E-state index is -0.472. The molecule has 0 atom stereocenters. The van der Waals surface area contributed by atoms with Gasteiger partial charge in [-0.15, -0.1) is 0 Å². The van der Waals surface area contributed by atoms with Crippen molar-refractivity contribution in [3.05, 3.63) is 53.1 Å². The smallest absolute Gasteiger partial charge is 0.274 e. The summed E-state index contributed by atoms with van der Waals surface area (Å²) in [5, 5.41) is 5.87. The number of rotatable bonds is 4. The number of carbonyl (C=O) groups excluding carboxylic acids is 1. The summed E-state index contributed by atoms with van der Waals surface area (Å²) < 4.78 is 13.1. The lowest BCUT2D eigenvalue weighted by Crippen LogP contribution is -2.14. The number of carbonyl (C=O) groups is 1. The number of hydrogen-bond acceptors (Lipinski definition) is 3. The Labute approximate surface area is 121 Å². The van der Waals surface area contributed by atoms with Crippen molar-refractivity contribution in [1.82, 2.24) is 4.98 Å². The molecule has 0 saturated carbocycles. The van der Waals surface area contributed by atoms with Gasteiger partial charge in [0.05, 0.1) is 22.6 Å². The van der Waals surface area contributed by atoms with Crippen molar-refractivity contribution in [2.45, 2.75) is 6.92 Å². The van der Waals surface area contributed by atoms with Gasteiger partial charge in [-0.05, 0) is 37.3 Å². The third-order valence-electron chi connectivity index (χ3n) is 2.55. The molecular formula is C14H13ClFN3O. The Kier molecular flexibility index (Phi) is 4.53. The van der Waals surface area contributed by atoms with Gasteiger partial charge >= 0.3 is 0 Å². The summed E-state index contributed by atoms with van der Waals surface area (Å²) in [6.45, 7) is 2.73.